The fourth-order valence-corrected chi connectivity index (χ4v) is 3.80. The first-order chi connectivity index (χ1) is 20.2. The number of carboxylic acid groups (broad SMARTS) is 1. The van der Waals surface area contributed by atoms with Gasteiger partial charge in [-0.15, -0.1) is 0 Å². The van der Waals surface area contributed by atoms with Gasteiger partial charge in [-0.1, -0.05) is 18.2 Å². The number of rotatable bonds is 18. The lowest BCUT2D eigenvalue weighted by molar-refractivity contribution is -0.136. The maximum atomic E-state index is 12.1. The number of benzene rings is 2. The number of carbonyl (C=O) groups is 4. The molecule has 2 amide bonds. The van der Waals surface area contributed by atoms with Crippen LogP contribution in [0.25, 0.3) is 12.2 Å². The van der Waals surface area contributed by atoms with Crippen molar-refractivity contribution >= 4 is 35.9 Å². The summed E-state index contributed by atoms with van der Waals surface area (Å²) in [6.45, 7) is 3.94. The van der Waals surface area contributed by atoms with Gasteiger partial charge in [0.25, 0.3) is 0 Å². The highest BCUT2D eigenvalue weighted by atomic mass is 16.6. The second-order valence-corrected chi connectivity index (χ2v) is 9.21. The van der Waals surface area contributed by atoms with E-state index >= 15 is 0 Å². The number of nitrogens with one attached hydrogen (secondary N) is 3. The van der Waals surface area contributed by atoms with E-state index in [9.17, 15) is 19.2 Å². The quantitative estimate of drug-likeness (QED) is 0.0901. The lowest BCUT2D eigenvalue weighted by Gasteiger charge is -2.08. The van der Waals surface area contributed by atoms with Crippen molar-refractivity contribution in [1.82, 2.24) is 16.0 Å². The molecule has 0 radical (unpaired) electrons. The fraction of sp³-hybridized carbons (Fsp3) is 0.355. The van der Waals surface area contributed by atoms with Crippen LogP contribution in [0.2, 0.25) is 0 Å². The molecule has 4 N–H and O–H groups in total. The van der Waals surface area contributed by atoms with E-state index in [0.717, 1.165) is 43.5 Å². The SMILES string of the molecule is COc1cc(/C=C/C(=O)NCCCNCCCCNC(=O)/C=C/c2ccc(OC(C)=O)c(OC)c2)ccc1CC(=O)O. The van der Waals surface area contributed by atoms with Crippen molar-refractivity contribution in [3.63, 3.8) is 0 Å². The number of aliphatic carboxylic acids is 1. The van der Waals surface area contributed by atoms with Gasteiger partial charge in [-0.05, 0) is 73.8 Å². The fourth-order valence-electron chi connectivity index (χ4n) is 3.80. The second kappa shape index (κ2) is 18.7. The molecule has 0 aliphatic heterocycles. The number of unbranched alkanes of at least 4 members (excludes halogenated alkanes) is 1. The largest absolute Gasteiger partial charge is 0.496 e. The van der Waals surface area contributed by atoms with Crippen molar-refractivity contribution in [3.05, 3.63) is 65.2 Å². The predicted molar refractivity (Wildman–Crippen MR) is 159 cm³/mol. The highest BCUT2D eigenvalue weighted by molar-refractivity contribution is 5.92. The molecule has 0 aliphatic rings. The Balaban J connectivity index is 1.55. The number of carboxylic acids is 1. The minimum atomic E-state index is -0.940. The Morgan fingerprint density at radius 1 is 0.738 bits per heavy atom. The van der Waals surface area contributed by atoms with Gasteiger partial charge in [-0.25, -0.2) is 0 Å². The van der Waals surface area contributed by atoms with E-state index in [1.165, 1.54) is 33.3 Å². The minimum Gasteiger partial charge on any atom is -0.496 e. The van der Waals surface area contributed by atoms with Crippen molar-refractivity contribution in [2.75, 3.05) is 40.4 Å². The summed E-state index contributed by atoms with van der Waals surface area (Å²) in [5, 5.41) is 17.9. The molecule has 0 saturated carbocycles. The van der Waals surface area contributed by atoms with Crippen LogP contribution in [0.4, 0.5) is 0 Å². The van der Waals surface area contributed by atoms with Gasteiger partial charge in [0.1, 0.15) is 5.75 Å². The first kappa shape index (κ1) is 33.6. The molecule has 0 fully saturated rings. The maximum absolute atomic E-state index is 12.1. The zero-order valence-electron chi connectivity index (χ0n) is 24.2. The maximum Gasteiger partial charge on any atom is 0.308 e. The number of ether oxygens (including phenoxy) is 3. The molecular weight excluding hydrogens is 542 g/mol. The van der Waals surface area contributed by atoms with E-state index in [4.69, 9.17) is 19.3 Å². The first-order valence-corrected chi connectivity index (χ1v) is 13.6. The Kier molecular flexibility index (Phi) is 14.9. The summed E-state index contributed by atoms with van der Waals surface area (Å²) in [4.78, 5) is 46.2. The zero-order chi connectivity index (χ0) is 30.7. The molecule has 2 aromatic carbocycles. The van der Waals surface area contributed by atoms with Crippen LogP contribution in [0.1, 0.15) is 42.9 Å². The van der Waals surface area contributed by atoms with Crippen molar-refractivity contribution in [2.24, 2.45) is 0 Å². The highest BCUT2D eigenvalue weighted by Gasteiger charge is 2.09. The molecule has 0 spiro atoms. The van der Waals surface area contributed by atoms with E-state index < -0.39 is 11.9 Å². The number of hydrogen-bond donors (Lipinski definition) is 4. The summed E-state index contributed by atoms with van der Waals surface area (Å²) in [6.07, 6.45) is 8.53. The third kappa shape index (κ3) is 13.1. The van der Waals surface area contributed by atoms with Crippen LogP contribution < -0.4 is 30.2 Å². The Morgan fingerprint density at radius 2 is 1.29 bits per heavy atom. The van der Waals surface area contributed by atoms with Gasteiger partial charge < -0.3 is 35.3 Å². The van der Waals surface area contributed by atoms with Crippen LogP contribution in [0.5, 0.6) is 17.2 Å². The van der Waals surface area contributed by atoms with Gasteiger partial charge in [0, 0.05) is 37.7 Å². The molecule has 2 aromatic rings. The first-order valence-electron chi connectivity index (χ1n) is 13.6. The Hall–Kier alpha value is -4.64. The summed E-state index contributed by atoms with van der Waals surface area (Å²) in [7, 11) is 2.95. The summed E-state index contributed by atoms with van der Waals surface area (Å²) < 4.78 is 15.5. The van der Waals surface area contributed by atoms with Gasteiger partial charge in [-0.3, -0.25) is 19.2 Å². The van der Waals surface area contributed by atoms with Crippen LogP contribution in [-0.2, 0) is 25.6 Å². The zero-order valence-corrected chi connectivity index (χ0v) is 24.2. The molecule has 0 saturated heterocycles. The van der Waals surface area contributed by atoms with E-state index in [-0.39, 0.29) is 18.2 Å². The van der Waals surface area contributed by atoms with Crippen LogP contribution >= 0.6 is 0 Å². The molecule has 0 unspecified atom stereocenters. The van der Waals surface area contributed by atoms with Crippen LogP contribution in [-0.4, -0.2) is 69.3 Å². The van der Waals surface area contributed by atoms with Gasteiger partial charge >= 0.3 is 11.9 Å². The molecule has 11 heteroatoms. The van der Waals surface area contributed by atoms with E-state index in [1.54, 1.807) is 48.6 Å². The lowest BCUT2D eigenvalue weighted by atomic mass is 10.1. The van der Waals surface area contributed by atoms with E-state index in [1.807, 2.05) is 0 Å². The van der Waals surface area contributed by atoms with Crippen LogP contribution in [0.3, 0.4) is 0 Å². The third-order valence-electron chi connectivity index (χ3n) is 5.86. The van der Waals surface area contributed by atoms with Crippen LogP contribution in [0.15, 0.2) is 48.6 Å². The molecule has 11 nitrogen and oxygen atoms in total. The highest BCUT2D eigenvalue weighted by Crippen LogP contribution is 2.28. The number of amides is 2. The molecule has 226 valence electrons. The standard InChI is InChI=1S/C31H39N3O8/c1-22(35)42-26-12-8-24(20-28(26)41-3)10-14-29(36)33-17-5-4-15-32-16-6-18-34-30(37)13-9-23-7-11-25(21-31(38)39)27(19-23)40-2/h7-14,19-20,32H,4-6,15-18,21H2,1-3H3,(H,33,36)(H,34,37)(H,38,39)/b13-9+,14-10+. The molecule has 0 bridgehead atoms. The van der Waals surface area contributed by atoms with Gasteiger partial charge in [0.05, 0.1) is 20.6 Å². The van der Waals surface area contributed by atoms with Crippen molar-refractivity contribution in [1.29, 1.82) is 0 Å². The number of methoxy groups -OCH3 is 2. The summed E-state index contributed by atoms with van der Waals surface area (Å²) in [6, 6.07) is 10.1. The number of esters is 1. The molecule has 0 aromatic heterocycles. The van der Waals surface area contributed by atoms with Gasteiger partial charge in [0.2, 0.25) is 11.8 Å². The van der Waals surface area contributed by atoms with Gasteiger partial charge in [0.15, 0.2) is 11.5 Å². The smallest absolute Gasteiger partial charge is 0.308 e. The topological polar surface area (TPSA) is 152 Å². The monoisotopic (exact) mass is 581 g/mol. The lowest BCUT2D eigenvalue weighted by Crippen LogP contribution is -2.27. The van der Waals surface area contributed by atoms with Crippen LogP contribution in [0, 0.1) is 0 Å². The summed E-state index contributed by atoms with van der Waals surface area (Å²) in [5.41, 5.74) is 2.04. The van der Waals surface area contributed by atoms with Gasteiger partial charge in [-0.2, -0.15) is 0 Å². The van der Waals surface area contributed by atoms with E-state index in [2.05, 4.69) is 16.0 Å². The second-order valence-electron chi connectivity index (χ2n) is 9.21. The number of hydrogen-bond acceptors (Lipinski definition) is 8. The minimum absolute atomic E-state index is 0.134. The average molecular weight is 582 g/mol. The molecule has 0 atom stereocenters. The normalized spacial score (nSPS) is 10.9. The molecule has 42 heavy (non-hydrogen) atoms. The molecule has 2 rings (SSSR count). The summed E-state index contributed by atoms with van der Waals surface area (Å²) >= 11 is 0. The third-order valence-corrected chi connectivity index (χ3v) is 5.86. The Morgan fingerprint density at radius 3 is 1.88 bits per heavy atom. The predicted octanol–water partition coefficient (Wildman–Crippen LogP) is 2.98. The molecule has 0 heterocycles. The van der Waals surface area contributed by atoms with Crippen molar-refractivity contribution in [3.8, 4) is 17.2 Å². The molecule has 0 aliphatic carbocycles. The summed E-state index contributed by atoms with van der Waals surface area (Å²) in [5.74, 6) is -0.615. The van der Waals surface area contributed by atoms with Crippen molar-refractivity contribution in [2.45, 2.75) is 32.6 Å². The Labute approximate surface area is 245 Å². The van der Waals surface area contributed by atoms with Crippen molar-refractivity contribution < 1.29 is 38.5 Å². The van der Waals surface area contributed by atoms with E-state index in [0.29, 0.717) is 35.9 Å². The number of carbonyl (C=O) groups excluding carboxylic acids is 3. The average Bonchev–Trinajstić information content (AvgIpc) is 2.96. The molecular formula is C31H39N3O8. The Bertz CT molecular complexity index is 1180.